The maximum absolute atomic E-state index is 12.0. The van der Waals surface area contributed by atoms with E-state index in [1.807, 2.05) is 37.4 Å². The van der Waals surface area contributed by atoms with Gasteiger partial charge in [-0.05, 0) is 55.6 Å². The molecule has 0 aliphatic carbocycles. The van der Waals surface area contributed by atoms with Gasteiger partial charge < -0.3 is 13.9 Å². The lowest BCUT2D eigenvalue weighted by atomic mass is 10.2. The van der Waals surface area contributed by atoms with E-state index in [1.165, 1.54) is 0 Å². The van der Waals surface area contributed by atoms with Crippen molar-refractivity contribution in [1.29, 1.82) is 0 Å². The second-order valence-corrected chi connectivity index (χ2v) is 6.27. The highest BCUT2D eigenvalue weighted by molar-refractivity contribution is 7.98. The molecule has 8 heteroatoms. The van der Waals surface area contributed by atoms with Gasteiger partial charge in [0.25, 0.3) is 5.91 Å². The van der Waals surface area contributed by atoms with E-state index in [0.29, 0.717) is 18.2 Å². The number of rotatable bonds is 8. The summed E-state index contributed by atoms with van der Waals surface area (Å²) in [7, 11) is 0. The van der Waals surface area contributed by atoms with Gasteiger partial charge in [0.1, 0.15) is 11.5 Å². The third-order valence-corrected chi connectivity index (χ3v) is 4.22. The standard InChI is InChI=1S/C19H19N3O4S/c1-3-24-14-7-9-15(10-8-14)25-12-17(23)20-19-22-21-18(26-19)13-5-4-6-16(11-13)27-2/h4-11H,3,12H2,1-2H3,(H,20,22,23). The van der Waals surface area contributed by atoms with E-state index in [4.69, 9.17) is 13.9 Å². The number of nitrogens with one attached hydrogen (secondary N) is 1. The summed E-state index contributed by atoms with van der Waals surface area (Å²) < 4.78 is 16.3. The molecule has 2 aromatic carbocycles. The van der Waals surface area contributed by atoms with Crippen LogP contribution in [0.15, 0.2) is 57.8 Å². The van der Waals surface area contributed by atoms with Crippen LogP contribution in [0.2, 0.25) is 0 Å². The summed E-state index contributed by atoms with van der Waals surface area (Å²) >= 11 is 1.62. The van der Waals surface area contributed by atoms with Gasteiger partial charge in [-0.1, -0.05) is 11.2 Å². The first kappa shape index (κ1) is 18.8. The normalized spacial score (nSPS) is 10.4. The molecule has 1 amide bonds. The molecule has 0 atom stereocenters. The average Bonchev–Trinajstić information content (AvgIpc) is 3.16. The quantitative estimate of drug-likeness (QED) is 0.589. The molecule has 0 aliphatic heterocycles. The Labute approximate surface area is 161 Å². The summed E-state index contributed by atoms with van der Waals surface area (Å²) in [5.74, 6) is 1.26. The topological polar surface area (TPSA) is 86.5 Å². The summed E-state index contributed by atoms with van der Waals surface area (Å²) in [4.78, 5) is 13.1. The minimum absolute atomic E-state index is 0.0276. The van der Waals surface area contributed by atoms with Crippen molar-refractivity contribution in [2.75, 3.05) is 24.8 Å². The smallest absolute Gasteiger partial charge is 0.322 e. The van der Waals surface area contributed by atoms with Crippen molar-refractivity contribution in [3.8, 4) is 23.0 Å². The number of hydrogen-bond acceptors (Lipinski definition) is 7. The van der Waals surface area contributed by atoms with Crippen LogP contribution in [0.1, 0.15) is 6.92 Å². The fourth-order valence-electron chi connectivity index (χ4n) is 2.25. The Kier molecular flexibility index (Phi) is 6.32. The van der Waals surface area contributed by atoms with Gasteiger partial charge >= 0.3 is 6.01 Å². The molecule has 0 radical (unpaired) electrons. The predicted octanol–water partition coefficient (Wildman–Crippen LogP) is 3.87. The number of thioether (sulfide) groups is 1. The Morgan fingerprint density at radius 2 is 1.85 bits per heavy atom. The van der Waals surface area contributed by atoms with E-state index >= 15 is 0 Å². The van der Waals surface area contributed by atoms with Gasteiger partial charge in [0.05, 0.1) is 6.61 Å². The van der Waals surface area contributed by atoms with Gasteiger partial charge in [-0.25, -0.2) is 0 Å². The second-order valence-electron chi connectivity index (χ2n) is 5.39. The highest BCUT2D eigenvalue weighted by Crippen LogP contribution is 2.24. The van der Waals surface area contributed by atoms with Crippen LogP contribution in [0.4, 0.5) is 6.01 Å². The highest BCUT2D eigenvalue weighted by Gasteiger charge is 2.12. The maximum Gasteiger partial charge on any atom is 0.322 e. The molecule has 0 saturated carbocycles. The molecule has 0 unspecified atom stereocenters. The van der Waals surface area contributed by atoms with Crippen molar-refractivity contribution in [3.63, 3.8) is 0 Å². The lowest BCUT2D eigenvalue weighted by Crippen LogP contribution is -2.20. The molecular weight excluding hydrogens is 366 g/mol. The van der Waals surface area contributed by atoms with Gasteiger partial charge in [0.2, 0.25) is 5.89 Å². The molecule has 27 heavy (non-hydrogen) atoms. The zero-order valence-corrected chi connectivity index (χ0v) is 15.8. The largest absolute Gasteiger partial charge is 0.494 e. The summed E-state index contributed by atoms with van der Waals surface area (Å²) in [5, 5.41) is 10.3. The van der Waals surface area contributed by atoms with Crippen molar-refractivity contribution < 1.29 is 18.7 Å². The molecule has 7 nitrogen and oxygen atoms in total. The van der Waals surface area contributed by atoms with Crippen molar-refractivity contribution >= 4 is 23.7 Å². The SMILES string of the molecule is CCOc1ccc(OCC(=O)Nc2nnc(-c3cccc(SC)c3)o2)cc1. The molecule has 0 spiro atoms. The van der Waals surface area contributed by atoms with Gasteiger partial charge in [-0.3, -0.25) is 10.1 Å². The van der Waals surface area contributed by atoms with Crippen LogP contribution in [-0.4, -0.2) is 35.6 Å². The van der Waals surface area contributed by atoms with Crippen LogP contribution >= 0.6 is 11.8 Å². The number of anilines is 1. The predicted molar refractivity (Wildman–Crippen MR) is 103 cm³/mol. The van der Waals surface area contributed by atoms with E-state index in [2.05, 4.69) is 15.5 Å². The number of amides is 1. The van der Waals surface area contributed by atoms with Gasteiger partial charge in [0, 0.05) is 10.5 Å². The minimum atomic E-state index is -0.392. The van der Waals surface area contributed by atoms with Crippen LogP contribution in [0.5, 0.6) is 11.5 Å². The van der Waals surface area contributed by atoms with Crippen molar-refractivity contribution in [2.24, 2.45) is 0 Å². The third kappa shape index (κ3) is 5.24. The van der Waals surface area contributed by atoms with Crippen molar-refractivity contribution in [3.05, 3.63) is 48.5 Å². The third-order valence-electron chi connectivity index (χ3n) is 3.49. The molecule has 3 aromatic rings. The average molecular weight is 385 g/mol. The summed E-state index contributed by atoms with van der Waals surface area (Å²) in [6.45, 7) is 2.33. The van der Waals surface area contributed by atoms with Gasteiger partial charge in [-0.2, -0.15) is 0 Å². The lowest BCUT2D eigenvalue weighted by molar-refractivity contribution is -0.118. The Morgan fingerprint density at radius 1 is 1.11 bits per heavy atom. The molecule has 140 valence electrons. The Morgan fingerprint density at radius 3 is 2.56 bits per heavy atom. The number of nitrogens with zero attached hydrogens (tertiary/aromatic N) is 2. The fraction of sp³-hybridized carbons (Fsp3) is 0.211. The monoisotopic (exact) mass is 385 g/mol. The zero-order valence-electron chi connectivity index (χ0n) is 15.0. The molecule has 0 aliphatic rings. The fourth-order valence-corrected chi connectivity index (χ4v) is 2.71. The molecular formula is C19H19N3O4S. The number of hydrogen-bond donors (Lipinski definition) is 1. The molecule has 1 N–H and O–H groups in total. The van der Waals surface area contributed by atoms with Gasteiger partial charge in [-0.15, -0.1) is 16.9 Å². The summed E-state index contributed by atoms with van der Waals surface area (Å²) in [6, 6.07) is 14.8. The van der Waals surface area contributed by atoms with Crippen LogP contribution in [-0.2, 0) is 4.79 Å². The van der Waals surface area contributed by atoms with E-state index in [-0.39, 0.29) is 12.6 Å². The highest BCUT2D eigenvalue weighted by atomic mass is 32.2. The Balaban J connectivity index is 1.54. The first-order valence-electron chi connectivity index (χ1n) is 8.31. The van der Waals surface area contributed by atoms with E-state index in [9.17, 15) is 4.79 Å². The lowest BCUT2D eigenvalue weighted by Gasteiger charge is -2.07. The van der Waals surface area contributed by atoms with Crippen LogP contribution in [0, 0.1) is 0 Å². The number of aromatic nitrogens is 2. The molecule has 1 heterocycles. The molecule has 1 aromatic heterocycles. The van der Waals surface area contributed by atoms with Crippen LogP contribution in [0.25, 0.3) is 11.5 Å². The van der Waals surface area contributed by atoms with Crippen LogP contribution < -0.4 is 14.8 Å². The number of ether oxygens (including phenoxy) is 2. The van der Waals surface area contributed by atoms with Crippen molar-refractivity contribution in [1.82, 2.24) is 10.2 Å². The minimum Gasteiger partial charge on any atom is -0.494 e. The van der Waals surface area contributed by atoms with E-state index < -0.39 is 5.91 Å². The van der Waals surface area contributed by atoms with E-state index in [0.717, 1.165) is 16.2 Å². The molecule has 0 bridgehead atoms. The van der Waals surface area contributed by atoms with Crippen LogP contribution in [0.3, 0.4) is 0 Å². The summed E-state index contributed by atoms with van der Waals surface area (Å²) in [6.07, 6.45) is 1.99. The van der Waals surface area contributed by atoms with Gasteiger partial charge in [0.15, 0.2) is 6.61 Å². The number of carbonyl (C=O) groups is 1. The van der Waals surface area contributed by atoms with E-state index in [1.54, 1.807) is 36.0 Å². The first-order chi connectivity index (χ1) is 13.2. The Hall–Kier alpha value is -3.00. The molecule has 0 fully saturated rings. The first-order valence-corrected chi connectivity index (χ1v) is 9.54. The molecule has 0 saturated heterocycles. The Bertz CT molecular complexity index is 896. The number of benzene rings is 2. The maximum atomic E-state index is 12.0. The summed E-state index contributed by atoms with van der Waals surface area (Å²) in [5.41, 5.74) is 0.792. The second kappa shape index (κ2) is 9.09. The zero-order chi connectivity index (χ0) is 19.1. The number of carbonyl (C=O) groups excluding carboxylic acids is 1. The van der Waals surface area contributed by atoms with Crippen molar-refractivity contribution in [2.45, 2.75) is 11.8 Å². The molecule has 3 rings (SSSR count).